The number of benzene rings is 1. The van der Waals surface area contributed by atoms with Gasteiger partial charge in [-0.2, -0.15) is 4.79 Å². The molecule has 2 aliphatic carbocycles. The van der Waals surface area contributed by atoms with Crippen LogP contribution < -0.4 is 0 Å². The first-order valence-corrected chi connectivity index (χ1v) is 10.2. The van der Waals surface area contributed by atoms with Gasteiger partial charge < -0.3 is 5.53 Å². The van der Waals surface area contributed by atoms with Crippen LogP contribution in [-0.4, -0.2) is 40.9 Å². The minimum atomic E-state index is -3.73. The Hall–Kier alpha value is -1.98. The van der Waals surface area contributed by atoms with Gasteiger partial charge in [0.2, 0.25) is 10.0 Å². The molecule has 25 heavy (non-hydrogen) atoms. The first-order valence-electron chi connectivity index (χ1n) is 8.58. The summed E-state index contributed by atoms with van der Waals surface area (Å²) >= 11 is 0. The van der Waals surface area contributed by atoms with E-state index in [1.165, 1.54) is 0 Å². The maximum Gasteiger partial charge on any atom is 0.387 e. The number of sulfonamides is 1. The number of amides is 1. The first-order chi connectivity index (χ1) is 11.7. The summed E-state index contributed by atoms with van der Waals surface area (Å²) in [4.78, 5) is 16.2. The zero-order chi connectivity index (χ0) is 18.0. The van der Waals surface area contributed by atoms with Crippen molar-refractivity contribution < 1.29 is 18.0 Å². The molecule has 132 valence electrons. The van der Waals surface area contributed by atoms with E-state index < -0.39 is 15.9 Å². The molecule has 1 amide bonds. The van der Waals surface area contributed by atoms with E-state index >= 15 is 0 Å². The highest BCUT2D eigenvalue weighted by atomic mass is 32.2. The normalized spacial score (nSPS) is 33.8. The molecule has 6 nitrogen and oxygen atoms in total. The third-order valence-electron chi connectivity index (χ3n) is 6.96. The molecule has 0 radical (unpaired) electrons. The fourth-order valence-corrected chi connectivity index (χ4v) is 7.99. The highest BCUT2D eigenvalue weighted by Gasteiger charge is 2.72. The monoisotopic (exact) mass is 359 g/mol. The Balaban J connectivity index is 1.78. The summed E-state index contributed by atoms with van der Waals surface area (Å²) in [7, 11) is -3.73. The van der Waals surface area contributed by atoms with Crippen molar-refractivity contribution in [1.82, 2.24) is 4.31 Å². The lowest BCUT2D eigenvalue weighted by Gasteiger charge is -2.36. The van der Waals surface area contributed by atoms with Gasteiger partial charge in [0.25, 0.3) is 0 Å². The Labute approximate surface area is 147 Å². The second-order valence-corrected chi connectivity index (χ2v) is 9.88. The minimum Gasteiger partial charge on any atom is -0.361 e. The van der Waals surface area contributed by atoms with Crippen LogP contribution in [0.25, 0.3) is 5.53 Å². The molecule has 4 rings (SSSR count). The maximum absolute atomic E-state index is 13.1. The van der Waals surface area contributed by atoms with Crippen LogP contribution in [0.1, 0.15) is 38.7 Å². The largest absolute Gasteiger partial charge is 0.387 e. The molecule has 3 fully saturated rings. The lowest BCUT2D eigenvalue weighted by Crippen LogP contribution is -2.47. The summed E-state index contributed by atoms with van der Waals surface area (Å²) in [6.45, 7) is 4.26. The van der Waals surface area contributed by atoms with Crippen molar-refractivity contribution in [3.8, 4) is 0 Å². The Kier molecular flexibility index (Phi) is 3.31. The average Bonchev–Trinajstić information content (AvgIpc) is 3.03. The van der Waals surface area contributed by atoms with E-state index in [0.717, 1.165) is 17.1 Å². The highest BCUT2D eigenvalue weighted by molar-refractivity contribution is 7.90. The number of hydrogen-bond acceptors (Lipinski definition) is 3. The zero-order valence-electron chi connectivity index (χ0n) is 14.3. The molecule has 1 saturated heterocycles. The Bertz CT molecular complexity index is 903. The van der Waals surface area contributed by atoms with Gasteiger partial charge in [0.05, 0.1) is 17.4 Å². The first kappa shape index (κ1) is 16.5. The van der Waals surface area contributed by atoms with E-state index in [9.17, 15) is 18.7 Å². The maximum atomic E-state index is 13.1. The molecular weight excluding hydrogens is 338 g/mol. The van der Waals surface area contributed by atoms with E-state index in [-0.39, 0.29) is 28.3 Å². The smallest absolute Gasteiger partial charge is 0.361 e. The summed E-state index contributed by atoms with van der Waals surface area (Å²) in [5, 5.41) is 0. The molecular formula is C18H21N3O3S. The van der Waals surface area contributed by atoms with Gasteiger partial charge in [-0.15, -0.1) is 0 Å². The predicted molar refractivity (Wildman–Crippen MR) is 92.1 cm³/mol. The molecule has 3 atom stereocenters. The van der Waals surface area contributed by atoms with Crippen LogP contribution in [0.4, 0.5) is 0 Å². The Morgan fingerprint density at radius 2 is 1.96 bits per heavy atom. The fraction of sp³-hybridized carbons (Fsp3) is 0.556. The summed E-state index contributed by atoms with van der Waals surface area (Å²) in [6, 6.07) is 8.15. The summed E-state index contributed by atoms with van der Waals surface area (Å²) in [5.41, 5.74) is 9.10. The molecule has 3 aliphatic rings. The molecule has 0 aromatic heterocycles. The molecule has 2 saturated carbocycles. The van der Waals surface area contributed by atoms with E-state index in [2.05, 4.69) is 18.6 Å². The number of fused-ring (bicyclic) bond motifs is 1. The van der Waals surface area contributed by atoms with Crippen molar-refractivity contribution in [2.45, 2.75) is 39.2 Å². The second-order valence-electron chi connectivity index (χ2n) is 8.04. The van der Waals surface area contributed by atoms with Gasteiger partial charge in [-0.3, -0.25) is 4.79 Å². The number of carbonyl (C=O) groups is 1. The number of rotatable bonds is 2. The van der Waals surface area contributed by atoms with E-state index in [1.54, 1.807) is 30.3 Å². The van der Waals surface area contributed by atoms with E-state index in [0.29, 0.717) is 17.9 Å². The zero-order valence-corrected chi connectivity index (χ0v) is 15.2. The molecule has 1 aliphatic heterocycles. The standard InChI is InChI=1S/C18H21N3O3S/c1-17(2)13-8-9-18(17)11-25(23,24)21(14(18)10-13)16(22)15(20-19)12-6-4-3-5-7-12/h3-7,13-14H,8-11H2,1-2H3/t13-,14+,18-/m1/s1. The van der Waals surface area contributed by atoms with Crippen LogP contribution in [0, 0.1) is 16.7 Å². The lowest BCUT2D eigenvalue weighted by molar-refractivity contribution is -0.126. The van der Waals surface area contributed by atoms with Crippen molar-refractivity contribution in [3.63, 3.8) is 0 Å². The van der Waals surface area contributed by atoms with Crippen molar-refractivity contribution in [3.05, 3.63) is 41.4 Å². The van der Waals surface area contributed by atoms with Crippen molar-refractivity contribution >= 4 is 21.6 Å². The molecule has 0 N–H and O–H groups in total. The summed E-state index contributed by atoms with van der Waals surface area (Å²) < 4.78 is 26.8. The number of nitrogens with zero attached hydrogens (tertiary/aromatic N) is 3. The van der Waals surface area contributed by atoms with Crippen molar-refractivity contribution in [2.24, 2.45) is 16.7 Å². The molecule has 1 heterocycles. The van der Waals surface area contributed by atoms with Crippen LogP contribution in [0.3, 0.4) is 0 Å². The van der Waals surface area contributed by atoms with Crippen LogP contribution >= 0.6 is 0 Å². The third-order valence-corrected chi connectivity index (χ3v) is 8.86. The van der Waals surface area contributed by atoms with Crippen molar-refractivity contribution in [2.75, 3.05) is 5.75 Å². The van der Waals surface area contributed by atoms with Crippen LogP contribution in [-0.2, 0) is 14.8 Å². The molecule has 1 aromatic rings. The summed E-state index contributed by atoms with van der Waals surface area (Å²) in [5.74, 6) is -0.290. The lowest BCUT2D eigenvalue weighted by atomic mass is 9.69. The average molecular weight is 359 g/mol. The number of hydrogen-bond donors (Lipinski definition) is 0. The highest BCUT2D eigenvalue weighted by Crippen LogP contribution is 2.69. The predicted octanol–water partition coefficient (Wildman–Crippen LogP) is 2.07. The van der Waals surface area contributed by atoms with Crippen LogP contribution in [0.15, 0.2) is 30.3 Å². The van der Waals surface area contributed by atoms with Gasteiger partial charge in [0.1, 0.15) is 0 Å². The number of carbonyl (C=O) groups excluding carboxylic acids is 1. The van der Waals surface area contributed by atoms with Crippen LogP contribution in [0.2, 0.25) is 0 Å². The molecule has 7 heteroatoms. The molecule has 0 unspecified atom stereocenters. The van der Waals surface area contributed by atoms with Gasteiger partial charge in [0, 0.05) is 5.41 Å². The Morgan fingerprint density at radius 1 is 1.28 bits per heavy atom. The fourth-order valence-electron chi connectivity index (χ4n) is 5.48. The minimum absolute atomic E-state index is 0.00735. The molecule has 1 spiro atoms. The Morgan fingerprint density at radius 3 is 2.56 bits per heavy atom. The van der Waals surface area contributed by atoms with Crippen molar-refractivity contribution in [1.29, 1.82) is 0 Å². The van der Waals surface area contributed by atoms with Gasteiger partial charge in [-0.1, -0.05) is 32.0 Å². The van der Waals surface area contributed by atoms with Gasteiger partial charge >= 0.3 is 11.6 Å². The molecule has 1 aromatic carbocycles. The van der Waals surface area contributed by atoms with Crippen LogP contribution in [0.5, 0.6) is 0 Å². The van der Waals surface area contributed by atoms with Gasteiger partial charge in [-0.05, 0) is 42.7 Å². The van der Waals surface area contributed by atoms with E-state index in [1.807, 2.05) is 0 Å². The summed E-state index contributed by atoms with van der Waals surface area (Å²) in [6.07, 6.45) is 2.54. The molecule has 2 bridgehead atoms. The SMILES string of the molecule is CC1(C)[C@@H]2CC[C@]13CS(=O)(=O)N(C(=O)C(=[N+]=[N-])c1ccccc1)[C@H]3C2. The van der Waals surface area contributed by atoms with E-state index in [4.69, 9.17) is 0 Å². The van der Waals surface area contributed by atoms with Gasteiger partial charge in [-0.25, -0.2) is 12.7 Å². The van der Waals surface area contributed by atoms with Gasteiger partial charge in [0.15, 0.2) is 0 Å². The topological polar surface area (TPSA) is 90.9 Å². The third kappa shape index (κ3) is 1.96. The second kappa shape index (κ2) is 5.02. The quantitative estimate of drug-likeness (QED) is 0.460.